The molecule has 0 aromatic heterocycles. The first-order valence-corrected chi connectivity index (χ1v) is 6.75. The van der Waals surface area contributed by atoms with Crippen LogP contribution in [0.25, 0.3) is 0 Å². The number of rotatable bonds is 3. The van der Waals surface area contributed by atoms with E-state index in [1.807, 2.05) is 0 Å². The van der Waals surface area contributed by atoms with Gasteiger partial charge in [-0.25, -0.2) is 9.35 Å². The van der Waals surface area contributed by atoms with E-state index < -0.39 is 28.3 Å². The predicted octanol–water partition coefficient (Wildman–Crippen LogP) is 1.60. The van der Waals surface area contributed by atoms with Gasteiger partial charge < -0.3 is 5.11 Å². The average molecular weight is 289 g/mol. The molecule has 1 aromatic rings. The van der Waals surface area contributed by atoms with Crippen LogP contribution in [0.5, 0.6) is 0 Å². The van der Waals surface area contributed by atoms with Crippen molar-refractivity contribution in [3.63, 3.8) is 0 Å². The summed E-state index contributed by atoms with van der Waals surface area (Å²) in [5.41, 5.74) is -0.245. The van der Waals surface area contributed by atoms with Gasteiger partial charge in [-0.3, -0.25) is 9.59 Å². The van der Waals surface area contributed by atoms with Crippen molar-refractivity contribution in [3.8, 4) is 0 Å². The summed E-state index contributed by atoms with van der Waals surface area (Å²) >= 11 is 0. The van der Waals surface area contributed by atoms with Crippen molar-refractivity contribution in [1.82, 2.24) is 0 Å². The summed E-state index contributed by atoms with van der Waals surface area (Å²) < 4.78 is 11.5. The lowest BCUT2D eigenvalue weighted by Crippen LogP contribution is -2.25. The zero-order chi connectivity index (χ0) is 15.0. The fourth-order valence-corrected chi connectivity index (χ4v) is 2.73. The van der Waals surface area contributed by atoms with Gasteiger partial charge in [0.1, 0.15) is 16.7 Å². The number of allylic oxidation sites excluding steroid dienone is 3. The molecule has 1 atom stereocenters. The molecule has 0 bridgehead atoms. The van der Waals surface area contributed by atoms with Gasteiger partial charge in [0, 0.05) is 11.1 Å². The molecule has 1 unspecified atom stereocenters. The lowest BCUT2D eigenvalue weighted by Gasteiger charge is -2.20. The van der Waals surface area contributed by atoms with Crippen LogP contribution < -0.4 is 5.14 Å². The van der Waals surface area contributed by atoms with Gasteiger partial charge in [-0.15, -0.1) is 0 Å². The lowest BCUT2D eigenvalue weighted by molar-refractivity contribution is 0.0972. The highest BCUT2D eigenvalue weighted by atomic mass is 32.2. The van der Waals surface area contributed by atoms with Crippen molar-refractivity contribution in [2.24, 2.45) is 5.14 Å². The van der Waals surface area contributed by atoms with Crippen molar-refractivity contribution in [1.29, 1.82) is 0 Å². The van der Waals surface area contributed by atoms with Crippen LogP contribution in [0.1, 0.15) is 20.7 Å². The third-order valence-corrected chi connectivity index (χ3v) is 3.72. The number of hydrogen-bond acceptors (Lipinski definition) is 4. The van der Waals surface area contributed by atoms with E-state index in [2.05, 4.69) is 13.2 Å². The standard InChI is InChI=1S/C14H11NO4S/c1-3-8-11(7(2)16)14(18)9-5-4-6-10(20(15)19)12(9)13(8)17/h3-6,16H,1-2,15H2. The Balaban J connectivity index is 2.85. The second kappa shape index (κ2) is 4.99. The Morgan fingerprint density at radius 3 is 2.45 bits per heavy atom. The van der Waals surface area contributed by atoms with Gasteiger partial charge >= 0.3 is 0 Å². The molecule has 0 saturated heterocycles. The summed E-state index contributed by atoms with van der Waals surface area (Å²) in [4.78, 5) is 24.8. The number of nitrogens with two attached hydrogens (primary N) is 1. The smallest absolute Gasteiger partial charge is 0.198 e. The minimum atomic E-state index is -1.91. The molecule has 0 spiro atoms. The van der Waals surface area contributed by atoms with E-state index in [0.29, 0.717) is 0 Å². The summed E-state index contributed by atoms with van der Waals surface area (Å²) in [6, 6.07) is 4.30. The van der Waals surface area contributed by atoms with E-state index in [0.717, 1.165) is 6.08 Å². The zero-order valence-corrected chi connectivity index (χ0v) is 11.2. The molecule has 0 heterocycles. The minimum absolute atomic E-state index is 0.0155. The highest BCUT2D eigenvalue weighted by Gasteiger charge is 2.34. The Labute approximate surface area is 117 Å². The molecule has 102 valence electrons. The number of ketones is 2. The third-order valence-electron chi connectivity index (χ3n) is 2.95. The van der Waals surface area contributed by atoms with E-state index in [-0.39, 0.29) is 27.2 Å². The van der Waals surface area contributed by atoms with E-state index in [9.17, 15) is 18.9 Å². The summed E-state index contributed by atoms with van der Waals surface area (Å²) in [6.45, 7) is 6.74. The van der Waals surface area contributed by atoms with Crippen LogP contribution in [0, 0.1) is 0 Å². The van der Waals surface area contributed by atoms with Crippen LogP contribution in [0.2, 0.25) is 0 Å². The highest BCUT2D eigenvalue weighted by Crippen LogP contribution is 2.32. The molecule has 0 fully saturated rings. The summed E-state index contributed by atoms with van der Waals surface area (Å²) in [5.74, 6) is -1.65. The lowest BCUT2D eigenvalue weighted by atomic mass is 9.83. The molecule has 3 N–H and O–H groups in total. The van der Waals surface area contributed by atoms with Crippen LogP contribution in [0.4, 0.5) is 0 Å². The van der Waals surface area contributed by atoms with Crippen LogP contribution in [0.3, 0.4) is 0 Å². The first-order chi connectivity index (χ1) is 9.40. The van der Waals surface area contributed by atoms with Gasteiger partial charge in [0.25, 0.3) is 0 Å². The number of Topliss-reactive ketones (excluding diaryl/α,β-unsaturated/α-hetero) is 2. The topological polar surface area (TPSA) is 97.5 Å². The molecule has 5 nitrogen and oxygen atoms in total. The summed E-state index contributed by atoms with van der Waals surface area (Å²) in [7, 11) is -1.91. The number of fused-ring (bicyclic) bond motifs is 1. The zero-order valence-electron chi connectivity index (χ0n) is 10.4. The SMILES string of the molecule is C=CC1=C(C(=C)O)C(=O)c2cccc(S(N)=O)c2C1=O. The number of aliphatic hydroxyl groups is 1. The van der Waals surface area contributed by atoms with E-state index >= 15 is 0 Å². The van der Waals surface area contributed by atoms with Gasteiger partial charge in [-0.05, 0) is 6.07 Å². The van der Waals surface area contributed by atoms with Crippen LogP contribution in [0.15, 0.2) is 59.2 Å². The van der Waals surface area contributed by atoms with Gasteiger partial charge in [0.15, 0.2) is 11.6 Å². The summed E-state index contributed by atoms with van der Waals surface area (Å²) in [5, 5.41) is 14.8. The predicted molar refractivity (Wildman–Crippen MR) is 74.7 cm³/mol. The third kappa shape index (κ3) is 1.95. The molecule has 20 heavy (non-hydrogen) atoms. The average Bonchev–Trinajstić information content (AvgIpc) is 2.41. The second-order valence-corrected chi connectivity index (χ2v) is 5.11. The number of aliphatic hydroxyl groups excluding tert-OH is 1. The fraction of sp³-hybridized carbons (Fsp3) is 0. The maximum atomic E-state index is 12.4. The largest absolute Gasteiger partial charge is 0.508 e. The molecule has 0 saturated carbocycles. The molecular formula is C14H11NO4S. The Morgan fingerprint density at radius 1 is 1.30 bits per heavy atom. The summed E-state index contributed by atoms with van der Waals surface area (Å²) in [6.07, 6.45) is 1.16. The van der Waals surface area contributed by atoms with Gasteiger partial charge in [-0.2, -0.15) is 0 Å². The molecule has 1 aliphatic rings. The Morgan fingerprint density at radius 2 is 1.95 bits per heavy atom. The molecule has 0 amide bonds. The first kappa shape index (κ1) is 14.1. The Kier molecular flexibility index (Phi) is 3.52. The molecule has 1 aliphatic carbocycles. The number of carbonyl (C=O) groups excluding carboxylic acids is 2. The first-order valence-electron chi connectivity index (χ1n) is 5.53. The van der Waals surface area contributed by atoms with E-state index in [4.69, 9.17) is 5.14 Å². The van der Waals surface area contributed by atoms with Crippen molar-refractivity contribution in [2.45, 2.75) is 4.90 Å². The van der Waals surface area contributed by atoms with E-state index in [1.54, 1.807) is 0 Å². The Bertz CT molecular complexity index is 731. The van der Waals surface area contributed by atoms with Crippen molar-refractivity contribution < 1.29 is 18.9 Å². The monoisotopic (exact) mass is 289 g/mol. The molecule has 2 rings (SSSR count). The number of carbonyl (C=O) groups is 2. The van der Waals surface area contributed by atoms with E-state index in [1.165, 1.54) is 18.2 Å². The van der Waals surface area contributed by atoms with Crippen molar-refractivity contribution >= 4 is 22.6 Å². The quantitative estimate of drug-likeness (QED) is 0.826. The highest BCUT2D eigenvalue weighted by molar-refractivity contribution is 7.82. The van der Waals surface area contributed by atoms with Gasteiger partial charge in [0.2, 0.25) is 0 Å². The van der Waals surface area contributed by atoms with Crippen LogP contribution >= 0.6 is 0 Å². The number of hydrogen-bond donors (Lipinski definition) is 2. The van der Waals surface area contributed by atoms with Gasteiger partial charge in [0.05, 0.1) is 16.0 Å². The maximum Gasteiger partial charge on any atom is 0.198 e. The minimum Gasteiger partial charge on any atom is -0.508 e. The normalized spacial score (nSPS) is 15.8. The van der Waals surface area contributed by atoms with Crippen LogP contribution in [-0.4, -0.2) is 20.9 Å². The number of benzene rings is 1. The van der Waals surface area contributed by atoms with Crippen molar-refractivity contribution in [2.75, 3.05) is 0 Å². The molecule has 0 aliphatic heterocycles. The molecule has 0 radical (unpaired) electrons. The maximum absolute atomic E-state index is 12.4. The molecule has 1 aromatic carbocycles. The van der Waals surface area contributed by atoms with Crippen LogP contribution in [-0.2, 0) is 11.0 Å². The fourth-order valence-electron chi connectivity index (χ4n) is 2.11. The molecule has 6 heteroatoms. The van der Waals surface area contributed by atoms with Gasteiger partial charge in [-0.1, -0.05) is 31.4 Å². The Hall–Kier alpha value is -2.31. The molecular weight excluding hydrogens is 278 g/mol. The van der Waals surface area contributed by atoms with Crippen molar-refractivity contribution in [3.05, 3.63) is 65.5 Å². The second-order valence-electron chi connectivity index (χ2n) is 4.07.